The van der Waals surface area contributed by atoms with E-state index in [1.54, 1.807) is 0 Å². The first-order chi connectivity index (χ1) is 20.3. The summed E-state index contributed by atoms with van der Waals surface area (Å²) in [5.41, 5.74) is 3.52. The third-order valence-corrected chi connectivity index (χ3v) is 8.50. The number of carbonyl (C=O) groups excluding carboxylic acids is 2. The van der Waals surface area contributed by atoms with Crippen LogP contribution in [0.5, 0.6) is 0 Å². The van der Waals surface area contributed by atoms with Crippen LogP contribution in [0.3, 0.4) is 0 Å². The van der Waals surface area contributed by atoms with Crippen molar-refractivity contribution in [1.82, 2.24) is 0 Å². The zero-order chi connectivity index (χ0) is 30.5. The van der Waals surface area contributed by atoms with Crippen LogP contribution < -0.4 is 0 Å². The van der Waals surface area contributed by atoms with Crippen LogP contribution in [-0.4, -0.2) is 24.0 Å². The lowest BCUT2D eigenvalue weighted by Crippen LogP contribution is -2.12. The van der Waals surface area contributed by atoms with Gasteiger partial charge in [-0.05, 0) is 79.5 Å². The molecule has 1 atom stereocenters. The van der Waals surface area contributed by atoms with E-state index in [2.05, 4.69) is 18.6 Å². The van der Waals surface area contributed by atoms with Gasteiger partial charge in [-0.2, -0.15) is 0 Å². The average Bonchev–Trinajstić information content (AvgIpc) is 3.66. The van der Waals surface area contributed by atoms with Gasteiger partial charge < -0.3 is 9.47 Å². The van der Waals surface area contributed by atoms with Crippen LogP contribution in [0.2, 0.25) is 0 Å². The van der Waals surface area contributed by atoms with Gasteiger partial charge >= 0.3 is 11.9 Å². The smallest absolute Gasteiger partial charge is 0.348 e. The number of thiophene rings is 1. The van der Waals surface area contributed by atoms with Crippen LogP contribution >= 0.6 is 22.9 Å². The largest absolute Gasteiger partial charge is 0.465 e. The SMILES string of the molecule is CCCCC[C@@H](OC(=O)c1ccc([N+](=O)[O-])cc1)c1ccc(C2=C(Cl)CCC2)cc1.CCCc1ccc(C(=O)OC)s1. The number of esters is 2. The van der Waals surface area contributed by atoms with Gasteiger partial charge in [0.05, 0.1) is 17.6 Å². The number of non-ortho nitro benzene ring substituents is 1. The van der Waals surface area contributed by atoms with E-state index < -0.39 is 10.9 Å². The molecule has 0 saturated heterocycles. The number of methoxy groups -OCH3 is 1. The zero-order valence-corrected chi connectivity index (χ0v) is 26.0. The lowest BCUT2D eigenvalue weighted by atomic mass is 9.98. The quantitative estimate of drug-likeness (QED) is 0.0875. The maximum atomic E-state index is 12.6. The highest BCUT2D eigenvalue weighted by atomic mass is 35.5. The Hall–Kier alpha value is -3.49. The summed E-state index contributed by atoms with van der Waals surface area (Å²) in [6.45, 7) is 4.25. The van der Waals surface area contributed by atoms with E-state index in [1.807, 2.05) is 36.4 Å². The van der Waals surface area contributed by atoms with E-state index in [0.717, 1.165) is 73.9 Å². The fraction of sp³-hybridized carbons (Fsp3) is 0.394. The molecule has 0 amide bonds. The fourth-order valence-corrected chi connectivity index (χ4v) is 6.03. The molecule has 0 spiro atoms. The zero-order valence-electron chi connectivity index (χ0n) is 24.4. The molecule has 224 valence electrons. The first-order valence-corrected chi connectivity index (χ1v) is 15.6. The number of rotatable bonds is 12. The second kappa shape index (κ2) is 16.8. The van der Waals surface area contributed by atoms with Crippen molar-refractivity contribution in [3.63, 3.8) is 0 Å². The topological polar surface area (TPSA) is 95.7 Å². The van der Waals surface area contributed by atoms with E-state index >= 15 is 0 Å². The van der Waals surface area contributed by atoms with Crippen molar-refractivity contribution in [2.24, 2.45) is 0 Å². The number of halogens is 1. The lowest BCUT2D eigenvalue weighted by Gasteiger charge is -2.19. The highest BCUT2D eigenvalue weighted by Crippen LogP contribution is 2.36. The third kappa shape index (κ3) is 9.53. The number of carbonyl (C=O) groups is 2. The molecular formula is C33H38ClNO6S. The average molecular weight is 612 g/mol. The van der Waals surface area contributed by atoms with Crippen molar-refractivity contribution in [1.29, 1.82) is 0 Å². The number of aryl methyl sites for hydroxylation is 1. The maximum Gasteiger partial charge on any atom is 0.348 e. The molecule has 0 N–H and O–H groups in total. The number of ether oxygens (including phenoxy) is 2. The fourth-order valence-electron chi connectivity index (χ4n) is 4.67. The van der Waals surface area contributed by atoms with Gasteiger partial charge in [-0.25, -0.2) is 9.59 Å². The number of nitro groups is 1. The summed E-state index contributed by atoms with van der Waals surface area (Å²) in [7, 11) is 1.40. The summed E-state index contributed by atoms with van der Waals surface area (Å²) in [4.78, 5) is 35.9. The molecule has 0 saturated carbocycles. The van der Waals surface area contributed by atoms with Crippen LogP contribution in [0.4, 0.5) is 5.69 Å². The van der Waals surface area contributed by atoms with Crippen LogP contribution in [0, 0.1) is 10.1 Å². The van der Waals surface area contributed by atoms with Crippen molar-refractivity contribution in [3.8, 4) is 0 Å². The molecule has 42 heavy (non-hydrogen) atoms. The van der Waals surface area contributed by atoms with E-state index in [-0.39, 0.29) is 17.8 Å². The highest BCUT2D eigenvalue weighted by Gasteiger charge is 2.20. The van der Waals surface area contributed by atoms with Crippen molar-refractivity contribution >= 4 is 46.1 Å². The Morgan fingerprint density at radius 2 is 1.67 bits per heavy atom. The third-order valence-electron chi connectivity index (χ3n) is 6.96. The molecule has 1 heterocycles. The van der Waals surface area contributed by atoms with Gasteiger partial charge in [-0.1, -0.05) is 69.0 Å². The predicted octanol–water partition coefficient (Wildman–Crippen LogP) is 9.69. The normalized spacial score (nSPS) is 13.2. The Morgan fingerprint density at radius 3 is 2.24 bits per heavy atom. The molecule has 0 aliphatic heterocycles. The van der Waals surface area contributed by atoms with Crippen LogP contribution in [0.1, 0.15) is 107 Å². The minimum atomic E-state index is -0.490. The number of unbranched alkanes of at least 4 members (excludes halogenated alkanes) is 2. The van der Waals surface area contributed by atoms with E-state index in [9.17, 15) is 19.7 Å². The molecule has 0 unspecified atom stereocenters. The van der Waals surface area contributed by atoms with E-state index in [0.29, 0.717) is 10.4 Å². The second-order valence-electron chi connectivity index (χ2n) is 10.1. The summed E-state index contributed by atoms with van der Waals surface area (Å²) in [5.74, 6) is -0.709. The molecule has 1 aliphatic rings. The Kier molecular flexibility index (Phi) is 13.2. The summed E-state index contributed by atoms with van der Waals surface area (Å²) in [5, 5.41) is 11.7. The lowest BCUT2D eigenvalue weighted by molar-refractivity contribution is -0.384. The molecule has 3 aromatic rings. The Labute approximate surface area is 256 Å². The number of allylic oxidation sites excluding steroid dienone is 2. The minimum absolute atomic E-state index is 0.0542. The number of nitrogens with zero attached hydrogens (tertiary/aromatic N) is 1. The molecule has 4 rings (SSSR count). The number of hydrogen-bond acceptors (Lipinski definition) is 7. The van der Waals surface area contributed by atoms with Crippen molar-refractivity contribution in [3.05, 3.63) is 102 Å². The Morgan fingerprint density at radius 1 is 0.952 bits per heavy atom. The van der Waals surface area contributed by atoms with Crippen LogP contribution in [0.15, 0.2) is 65.7 Å². The van der Waals surface area contributed by atoms with Gasteiger partial charge in [0.15, 0.2) is 0 Å². The monoisotopic (exact) mass is 611 g/mol. The highest BCUT2D eigenvalue weighted by molar-refractivity contribution is 7.13. The van der Waals surface area contributed by atoms with Crippen molar-refractivity contribution in [2.75, 3.05) is 7.11 Å². The number of nitro benzene ring substituents is 1. The predicted molar refractivity (Wildman–Crippen MR) is 168 cm³/mol. The molecule has 1 aromatic heterocycles. The molecule has 9 heteroatoms. The molecular weight excluding hydrogens is 574 g/mol. The first-order valence-electron chi connectivity index (χ1n) is 14.4. The van der Waals surface area contributed by atoms with Gasteiger partial charge in [-0.15, -0.1) is 11.3 Å². The van der Waals surface area contributed by atoms with Crippen LogP contribution in [-0.2, 0) is 15.9 Å². The van der Waals surface area contributed by atoms with Crippen LogP contribution in [0.25, 0.3) is 5.57 Å². The molecule has 0 radical (unpaired) electrons. The van der Waals surface area contributed by atoms with Gasteiger partial charge in [0.2, 0.25) is 0 Å². The molecule has 0 bridgehead atoms. The van der Waals surface area contributed by atoms with E-state index in [1.165, 1.54) is 53.2 Å². The number of benzene rings is 2. The molecule has 1 aliphatic carbocycles. The second-order valence-corrected chi connectivity index (χ2v) is 11.7. The van der Waals surface area contributed by atoms with Gasteiger partial charge in [0, 0.05) is 22.0 Å². The van der Waals surface area contributed by atoms with Gasteiger partial charge in [0.1, 0.15) is 11.0 Å². The molecule has 0 fully saturated rings. The summed E-state index contributed by atoms with van der Waals surface area (Å²) in [6, 6.07) is 17.4. The van der Waals surface area contributed by atoms with Crippen molar-refractivity contribution in [2.45, 2.75) is 77.7 Å². The first kappa shape index (κ1) is 33.0. The van der Waals surface area contributed by atoms with E-state index in [4.69, 9.17) is 16.3 Å². The summed E-state index contributed by atoms with van der Waals surface area (Å²) < 4.78 is 10.4. The molecule has 7 nitrogen and oxygen atoms in total. The van der Waals surface area contributed by atoms with Gasteiger partial charge in [0.25, 0.3) is 5.69 Å². The standard InChI is InChI=1S/C24H26ClNO4.C9H12O2S/c1-2-3-4-8-23(30-24(27)19-13-15-20(16-14-19)26(28)29)18-11-9-17(10-12-18)21-6-5-7-22(21)25;1-3-4-7-5-6-8(12-7)9(10)11-2/h9-16,23H,2-8H2,1H3;5-6H,3-4H2,1-2H3/t23-;/m1./s1. The summed E-state index contributed by atoms with van der Waals surface area (Å²) >= 11 is 7.85. The Balaban J connectivity index is 0.000000337. The number of hydrogen-bond donors (Lipinski definition) is 0. The minimum Gasteiger partial charge on any atom is -0.465 e. The van der Waals surface area contributed by atoms with Gasteiger partial charge in [-0.3, -0.25) is 10.1 Å². The summed E-state index contributed by atoms with van der Waals surface area (Å²) in [6.07, 6.45) is 8.63. The Bertz CT molecular complexity index is 1360. The van der Waals surface area contributed by atoms with Crippen molar-refractivity contribution < 1.29 is 24.0 Å². The maximum absolute atomic E-state index is 12.6. The molecule has 2 aromatic carbocycles.